The van der Waals surface area contributed by atoms with Gasteiger partial charge in [0.05, 0.1) is 0 Å². The highest BCUT2D eigenvalue weighted by Gasteiger charge is 2.13. The molecule has 0 unspecified atom stereocenters. The fraction of sp³-hybridized carbons (Fsp3) is 0.538. The average molecular weight is 173 g/mol. The molecule has 1 fully saturated rings. The van der Waals surface area contributed by atoms with E-state index in [9.17, 15) is 0 Å². The van der Waals surface area contributed by atoms with Crippen LogP contribution in [0.5, 0.6) is 0 Å². The maximum Gasteiger partial charge on any atom is -0.0184 e. The normalized spacial score (nSPS) is 18.8. The van der Waals surface area contributed by atoms with Crippen LogP contribution in [-0.2, 0) is 6.42 Å². The van der Waals surface area contributed by atoms with Gasteiger partial charge in [0.15, 0.2) is 0 Å². The summed E-state index contributed by atoms with van der Waals surface area (Å²) in [5.74, 6) is 0.955. The molecule has 0 heterocycles. The third kappa shape index (κ3) is 2.58. The summed E-state index contributed by atoms with van der Waals surface area (Å²) >= 11 is 0. The third-order valence-corrected chi connectivity index (χ3v) is 3.04. The zero-order valence-corrected chi connectivity index (χ0v) is 8.13. The van der Waals surface area contributed by atoms with E-state index in [-0.39, 0.29) is 0 Å². The summed E-state index contributed by atoms with van der Waals surface area (Å²) in [5.41, 5.74) is 1.49. The van der Waals surface area contributed by atoms with Gasteiger partial charge in [0, 0.05) is 0 Å². The van der Waals surface area contributed by atoms with Crippen molar-refractivity contribution in [2.75, 3.05) is 0 Å². The topological polar surface area (TPSA) is 0 Å². The van der Waals surface area contributed by atoms with Crippen molar-refractivity contribution in [3.8, 4) is 0 Å². The Hall–Kier alpha value is -0.780. The van der Waals surface area contributed by atoms with Gasteiger partial charge in [0.2, 0.25) is 0 Å². The maximum absolute atomic E-state index is 3.07. The molecule has 0 aromatic heterocycles. The molecule has 0 bridgehead atoms. The van der Waals surface area contributed by atoms with E-state index in [0.717, 1.165) is 5.92 Å². The predicted molar refractivity (Wildman–Crippen MR) is 55.6 cm³/mol. The Morgan fingerprint density at radius 2 is 1.77 bits per heavy atom. The van der Waals surface area contributed by atoms with Crippen molar-refractivity contribution < 1.29 is 0 Å². The molecule has 1 aromatic rings. The van der Waals surface area contributed by atoms with E-state index >= 15 is 0 Å². The summed E-state index contributed by atoms with van der Waals surface area (Å²) in [5, 5.41) is 0. The van der Waals surface area contributed by atoms with Gasteiger partial charge in [-0.15, -0.1) is 0 Å². The van der Waals surface area contributed by atoms with Crippen molar-refractivity contribution in [3.05, 3.63) is 35.9 Å². The summed E-state index contributed by atoms with van der Waals surface area (Å²) < 4.78 is 0. The van der Waals surface area contributed by atoms with Crippen LogP contribution in [0.4, 0.5) is 0 Å². The fourth-order valence-electron chi connectivity index (χ4n) is 2.28. The molecular weight excluding hydrogens is 156 g/mol. The lowest BCUT2D eigenvalue weighted by Gasteiger charge is -2.21. The van der Waals surface area contributed by atoms with Crippen LogP contribution in [0.15, 0.2) is 24.3 Å². The molecule has 69 valence electrons. The Morgan fingerprint density at radius 3 is 2.46 bits per heavy atom. The van der Waals surface area contributed by atoms with E-state index in [2.05, 4.69) is 18.2 Å². The van der Waals surface area contributed by atoms with E-state index < -0.39 is 0 Å². The van der Waals surface area contributed by atoms with E-state index in [0.29, 0.717) is 0 Å². The SMILES string of the molecule is [c]1ccc(CC2CCCCC2)cc1. The van der Waals surface area contributed by atoms with Gasteiger partial charge in [-0.25, -0.2) is 0 Å². The smallest absolute Gasteiger partial charge is 0.0184 e. The van der Waals surface area contributed by atoms with E-state index in [1.54, 1.807) is 0 Å². The van der Waals surface area contributed by atoms with Crippen molar-refractivity contribution in [2.45, 2.75) is 38.5 Å². The highest BCUT2D eigenvalue weighted by Crippen LogP contribution is 2.26. The van der Waals surface area contributed by atoms with Crippen molar-refractivity contribution in [1.82, 2.24) is 0 Å². The molecule has 13 heavy (non-hydrogen) atoms. The van der Waals surface area contributed by atoms with Crippen molar-refractivity contribution in [2.24, 2.45) is 5.92 Å². The van der Waals surface area contributed by atoms with Gasteiger partial charge in [-0.3, -0.25) is 0 Å². The number of rotatable bonds is 2. The molecule has 2 rings (SSSR count). The van der Waals surface area contributed by atoms with Gasteiger partial charge in [-0.05, 0) is 24.0 Å². The summed E-state index contributed by atoms with van der Waals surface area (Å²) in [6.07, 6.45) is 8.53. The minimum Gasteiger partial charge on any atom is -0.0584 e. The van der Waals surface area contributed by atoms with Crippen LogP contribution in [0.2, 0.25) is 0 Å². The third-order valence-electron chi connectivity index (χ3n) is 3.04. The second-order valence-electron chi connectivity index (χ2n) is 4.12. The summed E-state index contributed by atoms with van der Waals surface area (Å²) in [7, 11) is 0. The molecule has 0 aliphatic heterocycles. The summed E-state index contributed by atoms with van der Waals surface area (Å²) in [4.78, 5) is 0. The molecule has 0 saturated heterocycles. The van der Waals surface area contributed by atoms with Gasteiger partial charge in [0.25, 0.3) is 0 Å². The van der Waals surface area contributed by atoms with Crippen molar-refractivity contribution in [1.29, 1.82) is 0 Å². The minimum absolute atomic E-state index is 0.955. The Balaban J connectivity index is 1.90. The van der Waals surface area contributed by atoms with E-state index in [4.69, 9.17) is 0 Å². The highest BCUT2D eigenvalue weighted by molar-refractivity contribution is 5.14. The molecular formula is C13H17. The molecule has 0 N–H and O–H groups in total. The molecule has 0 atom stereocenters. The highest BCUT2D eigenvalue weighted by atomic mass is 14.2. The van der Waals surface area contributed by atoms with Crippen LogP contribution in [0.3, 0.4) is 0 Å². The monoisotopic (exact) mass is 173 g/mol. The lowest BCUT2D eigenvalue weighted by molar-refractivity contribution is 0.356. The van der Waals surface area contributed by atoms with Gasteiger partial charge in [-0.1, -0.05) is 56.4 Å². The first kappa shape index (κ1) is 8.80. The summed E-state index contributed by atoms with van der Waals surface area (Å²) in [6, 6.07) is 11.5. The molecule has 1 aromatic carbocycles. The largest absolute Gasteiger partial charge is 0.0584 e. The van der Waals surface area contributed by atoms with E-state index in [1.165, 1.54) is 44.1 Å². The molecule has 1 saturated carbocycles. The Kier molecular flexibility index (Phi) is 3.02. The fourth-order valence-corrected chi connectivity index (χ4v) is 2.28. The van der Waals surface area contributed by atoms with Gasteiger partial charge in [0.1, 0.15) is 0 Å². The lowest BCUT2D eigenvalue weighted by atomic mass is 9.85. The Labute approximate surface area is 81.0 Å². The molecule has 0 spiro atoms. The predicted octanol–water partition coefficient (Wildman–Crippen LogP) is 3.61. The first-order valence-electron chi connectivity index (χ1n) is 5.40. The van der Waals surface area contributed by atoms with Crippen molar-refractivity contribution in [3.63, 3.8) is 0 Å². The number of hydrogen-bond donors (Lipinski definition) is 0. The first-order valence-corrected chi connectivity index (χ1v) is 5.40. The average Bonchev–Trinajstić information content (AvgIpc) is 2.21. The first-order chi connectivity index (χ1) is 6.45. The molecule has 1 aliphatic carbocycles. The molecule has 0 heteroatoms. The standard InChI is InChI=1S/C13H17/c1-3-7-12(8-4-1)11-13-9-5-2-6-10-13/h5-6,9-10,12H,1,3-4,7-8,11H2. The molecule has 0 nitrogen and oxygen atoms in total. The zero-order valence-electron chi connectivity index (χ0n) is 8.13. The minimum atomic E-state index is 0.955. The zero-order chi connectivity index (χ0) is 8.93. The van der Waals surface area contributed by atoms with Crippen LogP contribution >= 0.6 is 0 Å². The summed E-state index contributed by atoms with van der Waals surface area (Å²) in [6.45, 7) is 0. The second kappa shape index (κ2) is 4.45. The van der Waals surface area contributed by atoms with Crippen LogP contribution in [0.25, 0.3) is 0 Å². The number of benzene rings is 1. The van der Waals surface area contributed by atoms with Crippen LogP contribution < -0.4 is 0 Å². The van der Waals surface area contributed by atoms with Gasteiger partial charge >= 0.3 is 0 Å². The number of hydrogen-bond acceptors (Lipinski definition) is 0. The van der Waals surface area contributed by atoms with Crippen LogP contribution in [0.1, 0.15) is 37.7 Å². The molecule has 1 radical (unpaired) electrons. The van der Waals surface area contributed by atoms with Gasteiger partial charge < -0.3 is 0 Å². The molecule has 0 amide bonds. The lowest BCUT2D eigenvalue weighted by Crippen LogP contribution is -2.08. The quantitative estimate of drug-likeness (QED) is 0.641. The van der Waals surface area contributed by atoms with Gasteiger partial charge in [-0.2, -0.15) is 0 Å². The maximum atomic E-state index is 3.07. The van der Waals surface area contributed by atoms with Crippen LogP contribution in [-0.4, -0.2) is 0 Å². The second-order valence-corrected chi connectivity index (χ2v) is 4.12. The Bertz CT molecular complexity index is 231. The molecule has 1 aliphatic rings. The van der Waals surface area contributed by atoms with Crippen molar-refractivity contribution >= 4 is 0 Å². The van der Waals surface area contributed by atoms with E-state index in [1.807, 2.05) is 12.1 Å². The Morgan fingerprint density at radius 1 is 1.08 bits per heavy atom. The van der Waals surface area contributed by atoms with Crippen LogP contribution in [0, 0.1) is 12.0 Å².